The van der Waals surface area contributed by atoms with Gasteiger partial charge in [0.05, 0.1) is 10.3 Å². The highest BCUT2D eigenvalue weighted by Crippen LogP contribution is 2.24. The molecule has 1 aromatic rings. The first-order valence-corrected chi connectivity index (χ1v) is 9.30. The van der Waals surface area contributed by atoms with Crippen LogP contribution in [0.1, 0.15) is 5.56 Å². The number of thioether (sulfide) groups is 2. The zero-order valence-electron chi connectivity index (χ0n) is 12.7. The molecule has 0 amide bonds. The summed E-state index contributed by atoms with van der Waals surface area (Å²) in [5.41, 5.74) is 8.31. The maximum Gasteiger partial charge on any atom is 0.269 e. The van der Waals surface area contributed by atoms with E-state index in [1.165, 1.54) is 12.1 Å². The fraction of sp³-hybridized carbons (Fsp3) is 0.250. The number of rotatable bonds is 7. The molecule has 1 aliphatic heterocycles. The van der Waals surface area contributed by atoms with Crippen molar-refractivity contribution < 1.29 is 4.92 Å². The largest absolute Gasteiger partial charge is 0.371 e. The maximum atomic E-state index is 10.7. The van der Waals surface area contributed by atoms with Gasteiger partial charge in [0.2, 0.25) is 0 Å². The minimum absolute atomic E-state index is 0.0968. The van der Waals surface area contributed by atoms with E-state index in [9.17, 15) is 10.1 Å². The van der Waals surface area contributed by atoms with Gasteiger partial charge in [-0.3, -0.25) is 10.1 Å². The van der Waals surface area contributed by atoms with Gasteiger partial charge in [-0.05, 0) is 29.1 Å². The molecule has 122 valence electrons. The fourth-order valence-electron chi connectivity index (χ4n) is 2.07. The molecule has 2 atom stereocenters. The van der Waals surface area contributed by atoms with Crippen LogP contribution in [0.3, 0.4) is 0 Å². The number of nitro groups is 1. The molecule has 7 heteroatoms. The third kappa shape index (κ3) is 5.46. The second kappa shape index (κ2) is 8.81. The van der Waals surface area contributed by atoms with E-state index in [2.05, 4.69) is 11.4 Å². The summed E-state index contributed by atoms with van der Waals surface area (Å²) in [5.74, 6) is 0. The van der Waals surface area contributed by atoms with Crippen LogP contribution in [0.4, 0.5) is 5.69 Å². The molecule has 1 aromatic carbocycles. The second-order valence-corrected chi connectivity index (χ2v) is 6.72. The molecule has 2 rings (SSSR count). The number of hydrogen-bond acceptors (Lipinski definition) is 6. The highest BCUT2D eigenvalue weighted by Gasteiger charge is 2.19. The van der Waals surface area contributed by atoms with E-state index in [1.807, 2.05) is 29.2 Å². The Morgan fingerprint density at radius 1 is 1.43 bits per heavy atom. The van der Waals surface area contributed by atoms with Crippen molar-refractivity contribution in [3.05, 3.63) is 74.7 Å². The molecule has 0 bridgehead atoms. The SMILES string of the molecule is CS/C=C\C=C\C1NC([C@@H](N)Cc2ccc([N+](=O)[O-])cc2)=CS1. The normalized spacial score (nSPS) is 19.0. The Labute approximate surface area is 144 Å². The summed E-state index contributed by atoms with van der Waals surface area (Å²) in [6, 6.07) is 6.38. The molecule has 0 radical (unpaired) electrons. The molecular weight excluding hydrogens is 330 g/mol. The highest BCUT2D eigenvalue weighted by atomic mass is 32.2. The van der Waals surface area contributed by atoms with Crippen LogP contribution in [-0.4, -0.2) is 22.6 Å². The predicted molar refractivity (Wildman–Crippen MR) is 99.2 cm³/mol. The van der Waals surface area contributed by atoms with Gasteiger partial charge in [0.1, 0.15) is 0 Å². The summed E-state index contributed by atoms with van der Waals surface area (Å²) in [6.45, 7) is 0. The van der Waals surface area contributed by atoms with Crippen LogP contribution in [0.5, 0.6) is 0 Å². The van der Waals surface area contributed by atoms with Gasteiger partial charge in [-0.25, -0.2) is 0 Å². The van der Waals surface area contributed by atoms with Gasteiger partial charge in [-0.2, -0.15) is 0 Å². The molecule has 5 nitrogen and oxygen atoms in total. The molecule has 0 spiro atoms. The van der Waals surface area contributed by atoms with Crippen LogP contribution in [0.25, 0.3) is 0 Å². The van der Waals surface area contributed by atoms with Crippen LogP contribution in [-0.2, 0) is 6.42 Å². The lowest BCUT2D eigenvalue weighted by atomic mass is 10.0. The third-order valence-electron chi connectivity index (χ3n) is 3.26. The molecule has 23 heavy (non-hydrogen) atoms. The topological polar surface area (TPSA) is 81.2 Å². The summed E-state index contributed by atoms with van der Waals surface area (Å²) < 4.78 is 0. The van der Waals surface area contributed by atoms with Crippen LogP contribution < -0.4 is 11.1 Å². The van der Waals surface area contributed by atoms with Crippen molar-refractivity contribution in [2.24, 2.45) is 5.73 Å². The number of nitrogens with one attached hydrogen (secondary N) is 1. The molecule has 3 N–H and O–H groups in total. The molecule has 1 aliphatic rings. The van der Waals surface area contributed by atoms with Crippen molar-refractivity contribution in [1.82, 2.24) is 5.32 Å². The van der Waals surface area contributed by atoms with Crippen LogP contribution >= 0.6 is 23.5 Å². The van der Waals surface area contributed by atoms with E-state index in [0.29, 0.717) is 6.42 Å². The third-order valence-corrected chi connectivity index (χ3v) is 4.65. The summed E-state index contributed by atoms with van der Waals surface area (Å²) in [4.78, 5) is 10.3. The second-order valence-electron chi connectivity index (χ2n) is 4.96. The predicted octanol–water partition coefficient (Wildman–Crippen LogP) is 3.40. The van der Waals surface area contributed by atoms with E-state index in [4.69, 9.17) is 5.73 Å². The lowest BCUT2D eigenvalue weighted by Gasteiger charge is -2.15. The molecule has 0 saturated carbocycles. The molecule has 0 saturated heterocycles. The Morgan fingerprint density at radius 2 is 2.17 bits per heavy atom. The van der Waals surface area contributed by atoms with Crippen molar-refractivity contribution in [3.8, 4) is 0 Å². The molecule has 0 fully saturated rings. The van der Waals surface area contributed by atoms with Crippen molar-refractivity contribution in [3.63, 3.8) is 0 Å². The molecule has 1 unspecified atom stereocenters. The zero-order valence-corrected chi connectivity index (χ0v) is 14.3. The monoisotopic (exact) mass is 349 g/mol. The number of nitro benzene ring substituents is 1. The van der Waals surface area contributed by atoms with Gasteiger partial charge in [-0.15, -0.1) is 23.5 Å². The molecular formula is C16H19N3O2S2. The number of allylic oxidation sites excluding steroid dienone is 2. The Bertz CT molecular complexity index is 627. The Morgan fingerprint density at radius 3 is 2.83 bits per heavy atom. The smallest absolute Gasteiger partial charge is 0.269 e. The van der Waals surface area contributed by atoms with Crippen molar-refractivity contribution in [2.75, 3.05) is 6.26 Å². The maximum absolute atomic E-state index is 10.7. The summed E-state index contributed by atoms with van der Waals surface area (Å²) >= 11 is 3.34. The van der Waals surface area contributed by atoms with Crippen LogP contribution in [0.2, 0.25) is 0 Å². The molecule has 1 heterocycles. The fourth-order valence-corrected chi connectivity index (χ4v) is 3.24. The lowest BCUT2D eigenvalue weighted by molar-refractivity contribution is -0.384. The van der Waals surface area contributed by atoms with Crippen LogP contribution in [0, 0.1) is 10.1 Å². The molecule has 0 aliphatic carbocycles. The summed E-state index contributed by atoms with van der Waals surface area (Å²) in [5, 5.41) is 18.3. The van der Waals surface area contributed by atoms with Gasteiger partial charge >= 0.3 is 0 Å². The van der Waals surface area contributed by atoms with E-state index in [0.717, 1.165) is 11.3 Å². The average Bonchev–Trinajstić information content (AvgIpc) is 3.01. The first-order valence-electron chi connectivity index (χ1n) is 7.07. The molecule has 0 aromatic heterocycles. The highest BCUT2D eigenvalue weighted by molar-refractivity contribution is 8.03. The lowest BCUT2D eigenvalue weighted by Crippen LogP contribution is -2.33. The average molecular weight is 349 g/mol. The van der Waals surface area contributed by atoms with Crippen LogP contribution in [0.15, 0.2) is 59.0 Å². The van der Waals surface area contributed by atoms with E-state index in [-0.39, 0.29) is 17.1 Å². The number of nitrogens with zero attached hydrogens (tertiary/aromatic N) is 1. The number of benzene rings is 1. The van der Waals surface area contributed by atoms with Gasteiger partial charge in [0, 0.05) is 23.9 Å². The van der Waals surface area contributed by atoms with Crippen molar-refractivity contribution >= 4 is 29.2 Å². The summed E-state index contributed by atoms with van der Waals surface area (Å²) in [6.07, 6.45) is 8.75. The quantitative estimate of drug-likeness (QED) is 0.446. The van der Waals surface area contributed by atoms with Gasteiger partial charge in [0.15, 0.2) is 0 Å². The van der Waals surface area contributed by atoms with E-state index in [1.54, 1.807) is 35.7 Å². The van der Waals surface area contributed by atoms with Gasteiger partial charge < -0.3 is 11.1 Å². The minimum Gasteiger partial charge on any atom is -0.371 e. The van der Waals surface area contributed by atoms with Crippen molar-refractivity contribution in [2.45, 2.75) is 17.8 Å². The van der Waals surface area contributed by atoms with E-state index < -0.39 is 4.92 Å². The number of hydrogen-bond donors (Lipinski definition) is 2. The number of non-ortho nitro benzene ring substituents is 1. The Hall–Kier alpha value is -1.70. The van der Waals surface area contributed by atoms with Gasteiger partial charge in [-0.1, -0.05) is 30.4 Å². The Kier molecular flexibility index (Phi) is 6.76. The minimum atomic E-state index is -0.399. The number of nitrogens with two attached hydrogens (primary N) is 1. The zero-order chi connectivity index (χ0) is 16.7. The summed E-state index contributed by atoms with van der Waals surface area (Å²) in [7, 11) is 0. The Balaban J connectivity index is 1.87. The van der Waals surface area contributed by atoms with Gasteiger partial charge in [0.25, 0.3) is 5.69 Å². The van der Waals surface area contributed by atoms with Crippen molar-refractivity contribution in [1.29, 1.82) is 0 Å². The first-order chi connectivity index (χ1) is 11.1. The van der Waals surface area contributed by atoms with E-state index >= 15 is 0 Å². The first kappa shape index (κ1) is 17.7. The standard InChI is InChI=1S/C16H19N3O2S2/c1-22-9-3-2-4-16-18-15(11-23-16)14(17)10-12-5-7-13(8-6-12)19(20)21/h2-9,11,14,16,18H,10,17H2,1H3/b4-2+,9-3-/t14-,16?/m0/s1.